The molecule has 0 fully saturated rings. The maximum absolute atomic E-state index is 13.1. The first kappa shape index (κ1) is 14.8. The van der Waals surface area contributed by atoms with Crippen molar-refractivity contribution < 1.29 is 23.8 Å². The number of halogens is 1. The average molecular weight is 291 g/mol. The van der Waals surface area contributed by atoms with E-state index in [9.17, 15) is 14.3 Å². The summed E-state index contributed by atoms with van der Waals surface area (Å²) in [5.74, 6) is -1.18. The number of aryl methyl sites for hydroxylation is 1. The van der Waals surface area contributed by atoms with Crippen LogP contribution >= 0.6 is 0 Å². The van der Waals surface area contributed by atoms with Gasteiger partial charge in [0.25, 0.3) is 0 Å². The molecule has 0 aliphatic rings. The molecular weight excluding hydrogens is 277 g/mol. The van der Waals surface area contributed by atoms with Crippen molar-refractivity contribution in [3.05, 3.63) is 41.3 Å². The molecular formula is C15H14FNO4. The SMILES string of the molecule is COc1nc(C)c(C(=O)O)c(OC)c1-c1ccc(F)cc1. The molecule has 110 valence electrons. The predicted octanol–water partition coefficient (Wildman–Crippen LogP) is 2.91. The predicted molar refractivity (Wildman–Crippen MR) is 74.4 cm³/mol. The minimum absolute atomic E-state index is 0.0439. The van der Waals surface area contributed by atoms with E-state index >= 15 is 0 Å². The summed E-state index contributed by atoms with van der Waals surface area (Å²) < 4.78 is 23.5. The molecule has 0 aliphatic carbocycles. The number of methoxy groups -OCH3 is 2. The fraction of sp³-hybridized carbons (Fsp3) is 0.200. The zero-order valence-electron chi connectivity index (χ0n) is 11.8. The quantitative estimate of drug-likeness (QED) is 0.938. The molecule has 1 aromatic heterocycles. The maximum atomic E-state index is 13.1. The molecule has 0 spiro atoms. The molecule has 0 saturated heterocycles. The van der Waals surface area contributed by atoms with Gasteiger partial charge in [0.05, 0.1) is 25.5 Å². The van der Waals surface area contributed by atoms with E-state index in [0.717, 1.165) is 0 Å². The number of hydrogen-bond donors (Lipinski definition) is 1. The fourth-order valence-electron chi connectivity index (χ4n) is 2.13. The highest BCUT2D eigenvalue weighted by Crippen LogP contribution is 2.40. The first-order valence-electron chi connectivity index (χ1n) is 6.11. The van der Waals surface area contributed by atoms with Crippen LogP contribution in [0.25, 0.3) is 11.1 Å². The van der Waals surface area contributed by atoms with E-state index in [0.29, 0.717) is 11.1 Å². The lowest BCUT2D eigenvalue weighted by Gasteiger charge is -2.16. The summed E-state index contributed by atoms with van der Waals surface area (Å²) >= 11 is 0. The molecule has 0 unspecified atom stereocenters. The second-order valence-electron chi connectivity index (χ2n) is 4.30. The van der Waals surface area contributed by atoms with Crippen molar-refractivity contribution in [3.63, 3.8) is 0 Å². The number of carboxylic acid groups (broad SMARTS) is 1. The van der Waals surface area contributed by atoms with E-state index in [2.05, 4.69) is 4.98 Å². The zero-order valence-corrected chi connectivity index (χ0v) is 11.8. The summed E-state index contributed by atoms with van der Waals surface area (Å²) in [7, 11) is 2.79. The first-order chi connectivity index (χ1) is 9.99. The highest BCUT2D eigenvalue weighted by atomic mass is 19.1. The number of carboxylic acids is 1. The van der Waals surface area contributed by atoms with E-state index in [-0.39, 0.29) is 22.9 Å². The molecule has 2 aromatic rings. The zero-order chi connectivity index (χ0) is 15.6. The molecule has 0 radical (unpaired) electrons. The molecule has 1 N–H and O–H groups in total. The molecule has 0 bridgehead atoms. The number of pyridine rings is 1. The molecule has 0 amide bonds. The lowest BCUT2D eigenvalue weighted by atomic mass is 10.0. The fourth-order valence-corrected chi connectivity index (χ4v) is 2.13. The number of aromatic nitrogens is 1. The number of nitrogens with zero attached hydrogens (tertiary/aromatic N) is 1. The van der Waals surface area contributed by atoms with Gasteiger partial charge in [0.15, 0.2) is 0 Å². The third-order valence-electron chi connectivity index (χ3n) is 3.04. The molecule has 1 aromatic carbocycles. The lowest BCUT2D eigenvalue weighted by Crippen LogP contribution is -2.08. The van der Waals surface area contributed by atoms with Gasteiger partial charge >= 0.3 is 5.97 Å². The van der Waals surface area contributed by atoms with Crippen LogP contribution in [0.15, 0.2) is 24.3 Å². The molecule has 0 aliphatic heterocycles. The number of carbonyl (C=O) groups is 1. The van der Waals surface area contributed by atoms with Gasteiger partial charge in [-0.1, -0.05) is 12.1 Å². The van der Waals surface area contributed by atoms with Crippen LogP contribution in [-0.2, 0) is 0 Å². The van der Waals surface area contributed by atoms with Gasteiger partial charge in [-0.15, -0.1) is 0 Å². The maximum Gasteiger partial charge on any atom is 0.341 e. The number of benzene rings is 1. The topological polar surface area (TPSA) is 68.7 Å². The Morgan fingerprint density at radius 2 is 1.81 bits per heavy atom. The smallest absolute Gasteiger partial charge is 0.341 e. The third-order valence-corrected chi connectivity index (χ3v) is 3.04. The molecule has 0 atom stereocenters. The summed E-state index contributed by atoms with van der Waals surface area (Å²) in [6, 6.07) is 5.57. The van der Waals surface area contributed by atoms with Crippen LogP contribution < -0.4 is 9.47 Å². The highest BCUT2D eigenvalue weighted by Gasteiger charge is 2.24. The van der Waals surface area contributed by atoms with Crippen LogP contribution in [0.4, 0.5) is 4.39 Å². The Bertz CT molecular complexity index is 683. The van der Waals surface area contributed by atoms with Crippen LogP contribution in [0.2, 0.25) is 0 Å². The average Bonchev–Trinajstić information content (AvgIpc) is 2.46. The van der Waals surface area contributed by atoms with Gasteiger partial charge in [-0.3, -0.25) is 0 Å². The summed E-state index contributed by atoms with van der Waals surface area (Å²) in [6.45, 7) is 1.56. The largest absolute Gasteiger partial charge is 0.495 e. The lowest BCUT2D eigenvalue weighted by molar-refractivity contribution is 0.0692. The number of hydrogen-bond acceptors (Lipinski definition) is 4. The van der Waals surface area contributed by atoms with E-state index in [4.69, 9.17) is 9.47 Å². The van der Waals surface area contributed by atoms with Gasteiger partial charge in [-0.05, 0) is 24.6 Å². The first-order valence-corrected chi connectivity index (χ1v) is 6.11. The highest BCUT2D eigenvalue weighted by molar-refractivity contribution is 5.96. The van der Waals surface area contributed by atoms with Gasteiger partial charge in [0.2, 0.25) is 5.88 Å². The van der Waals surface area contributed by atoms with Gasteiger partial charge in [0, 0.05) is 0 Å². The van der Waals surface area contributed by atoms with Crippen molar-refractivity contribution in [3.8, 4) is 22.8 Å². The van der Waals surface area contributed by atoms with Crippen LogP contribution in [0.3, 0.4) is 0 Å². The molecule has 2 rings (SSSR count). The summed E-state index contributed by atoms with van der Waals surface area (Å²) in [5.41, 5.74) is 1.17. The number of aromatic carboxylic acids is 1. The summed E-state index contributed by atoms with van der Waals surface area (Å²) in [4.78, 5) is 15.6. The minimum Gasteiger partial charge on any atom is -0.495 e. The Morgan fingerprint density at radius 1 is 1.19 bits per heavy atom. The van der Waals surface area contributed by atoms with Crippen molar-refractivity contribution in [1.29, 1.82) is 0 Å². The van der Waals surface area contributed by atoms with Crippen LogP contribution in [0.5, 0.6) is 11.6 Å². The van der Waals surface area contributed by atoms with E-state index < -0.39 is 11.8 Å². The van der Waals surface area contributed by atoms with Crippen LogP contribution in [-0.4, -0.2) is 30.3 Å². The second kappa shape index (κ2) is 5.78. The Labute approximate surface area is 121 Å². The Morgan fingerprint density at radius 3 is 2.29 bits per heavy atom. The van der Waals surface area contributed by atoms with Gasteiger partial charge in [-0.25, -0.2) is 14.2 Å². The van der Waals surface area contributed by atoms with Gasteiger partial charge in [-0.2, -0.15) is 0 Å². The minimum atomic E-state index is -1.15. The molecule has 0 saturated carbocycles. The number of rotatable bonds is 4. The standard InChI is InChI=1S/C15H14FNO4/c1-8-11(15(18)19)13(20-2)12(14(17-8)21-3)9-4-6-10(16)7-5-9/h4-7H,1-3H3,(H,18,19). The number of ether oxygens (including phenoxy) is 2. The Hall–Kier alpha value is -2.63. The van der Waals surface area contributed by atoms with Crippen molar-refractivity contribution in [1.82, 2.24) is 4.98 Å². The van der Waals surface area contributed by atoms with Gasteiger partial charge < -0.3 is 14.6 Å². The summed E-state index contributed by atoms with van der Waals surface area (Å²) in [6.07, 6.45) is 0. The van der Waals surface area contributed by atoms with E-state index in [1.165, 1.54) is 38.5 Å². The van der Waals surface area contributed by atoms with Crippen molar-refractivity contribution in [2.75, 3.05) is 14.2 Å². The molecule has 6 heteroatoms. The molecule has 21 heavy (non-hydrogen) atoms. The molecule has 1 heterocycles. The summed E-state index contributed by atoms with van der Waals surface area (Å²) in [5, 5.41) is 9.34. The van der Waals surface area contributed by atoms with Crippen molar-refractivity contribution in [2.45, 2.75) is 6.92 Å². The molecule has 5 nitrogen and oxygen atoms in total. The van der Waals surface area contributed by atoms with Crippen molar-refractivity contribution in [2.24, 2.45) is 0 Å². The third kappa shape index (κ3) is 2.65. The van der Waals surface area contributed by atoms with Gasteiger partial charge in [0.1, 0.15) is 17.1 Å². The van der Waals surface area contributed by atoms with E-state index in [1.54, 1.807) is 6.92 Å². The Kier molecular flexibility index (Phi) is 4.07. The monoisotopic (exact) mass is 291 g/mol. The van der Waals surface area contributed by atoms with E-state index in [1.807, 2.05) is 0 Å². The van der Waals surface area contributed by atoms with Crippen LogP contribution in [0, 0.1) is 12.7 Å². The van der Waals surface area contributed by atoms with Crippen molar-refractivity contribution >= 4 is 5.97 Å². The van der Waals surface area contributed by atoms with Crippen LogP contribution in [0.1, 0.15) is 16.1 Å². The normalized spacial score (nSPS) is 10.3. The Balaban J connectivity index is 2.81. The second-order valence-corrected chi connectivity index (χ2v) is 4.30.